The van der Waals surface area contributed by atoms with E-state index in [-0.39, 0.29) is 28.9 Å². The first kappa shape index (κ1) is 13.2. The van der Waals surface area contributed by atoms with Crippen molar-refractivity contribution in [1.82, 2.24) is 0 Å². The molecule has 0 aliphatic heterocycles. The fourth-order valence-electron chi connectivity index (χ4n) is 1.20. The Hall–Kier alpha value is -1.82. The van der Waals surface area contributed by atoms with Gasteiger partial charge in [0.1, 0.15) is 0 Å². The molecule has 92 valence electrons. The predicted molar refractivity (Wildman–Crippen MR) is 64.7 cm³/mol. The van der Waals surface area contributed by atoms with Crippen molar-refractivity contribution in [3.05, 3.63) is 33.3 Å². The molecule has 0 spiro atoms. The van der Waals surface area contributed by atoms with Gasteiger partial charge in [0.25, 0.3) is 0 Å². The quantitative estimate of drug-likeness (QED) is 0.268. The number of benzene rings is 1. The van der Waals surface area contributed by atoms with Crippen LogP contribution >= 0.6 is 11.6 Å². The topological polar surface area (TPSA) is 102 Å². The summed E-state index contributed by atoms with van der Waals surface area (Å²) in [6.07, 6.45) is 0.941. The molecular formula is C10H12ClN3O3. The molecule has 0 unspecified atom stereocenters. The zero-order chi connectivity index (χ0) is 12.8. The molecule has 0 aliphatic carbocycles. The van der Waals surface area contributed by atoms with Gasteiger partial charge in [-0.15, -0.1) is 0 Å². The minimum Gasteiger partial charge on any atom is -0.487 e. The Morgan fingerprint density at radius 1 is 1.59 bits per heavy atom. The van der Waals surface area contributed by atoms with E-state index in [4.69, 9.17) is 27.5 Å². The summed E-state index contributed by atoms with van der Waals surface area (Å²) in [4.78, 5) is 10.2. The molecule has 0 saturated heterocycles. The molecule has 17 heavy (non-hydrogen) atoms. The van der Waals surface area contributed by atoms with E-state index in [1.54, 1.807) is 0 Å². The molecular weight excluding hydrogens is 246 g/mol. The lowest BCUT2D eigenvalue weighted by Crippen LogP contribution is -2.11. The standard InChI is InChI=1S/C10H12ClN3O3/c11-7-3-4-9(8(6-7)14(15)16)17-5-1-2-10(12)13/h3-4,6H,1-2,5H2,(H3,12,13). The van der Waals surface area contributed by atoms with Crippen molar-refractivity contribution in [3.8, 4) is 5.75 Å². The van der Waals surface area contributed by atoms with Crippen molar-refractivity contribution >= 4 is 23.1 Å². The number of halogens is 1. The molecule has 0 heterocycles. The van der Waals surface area contributed by atoms with Gasteiger partial charge >= 0.3 is 5.69 Å². The monoisotopic (exact) mass is 257 g/mol. The number of nitrogens with one attached hydrogen (secondary N) is 1. The highest BCUT2D eigenvalue weighted by Gasteiger charge is 2.15. The molecule has 0 fully saturated rings. The number of ether oxygens (including phenoxy) is 1. The zero-order valence-electron chi connectivity index (χ0n) is 8.98. The molecule has 1 aromatic carbocycles. The van der Waals surface area contributed by atoms with Crippen molar-refractivity contribution < 1.29 is 9.66 Å². The average Bonchev–Trinajstić information content (AvgIpc) is 2.25. The lowest BCUT2D eigenvalue weighted by Gasteiger charge is -2.06. The molecule has 0 amide bonds. The number of nitrogens with zero attached hydrogens (tertiary/aromatic N) is 1. The van der Waals surface area contributed by atoms with Crippen LogP contribution in [-0.4, -0.2) is 17.4 Å². The lowest BCUT2D eigenvalue weighted by molar-refractivity contribution is -0.385. The number of nitro groups is 1. The van der Waals surface area contributed by atoms with Gasteiger partial charge in [-0.3, -0.25) is 15.5 Å². The van der Waals surface area contributed by atoms with Crippen molar-refractivity contribution in [2.24, 2.45) is 5.73 Å². The Morgan fingerprint density at radius 3 is 2.88 bits per heavy atom. The maximum Gasteiger partial charge on any atom is 0.312 e. The molecule has 0 aliphatic rings. The van der Waals surface area contributed by atoms with Crippen molar-refractivity contribution in [2.75, 3.05) is 6.61 Å². The van der Waals surface area contributed by atoms with E-state index < -0.39 is 4.92 Å². The summed E-state index contributed by atoms with van der Waals surface area (Å²) in [5, 5.41) is 18.0. The summed E-state index contributed by atoms with van der Waals surface area (Å²) in [7, 11) is 0. The van der Waals surface area contributed by atoms with Crippen LogP contribution in [0.25, 0.3) is 0 Å². The first-order chi connectivity index (χ1) is 8.00. The minimum atomic E-state index is -0.549. The summed E-state index contributed by atoms with van der Waals surface area (Å²) < 4.78 is 5.25. The second-order valence-electron chi connectivity index (χ2n) is 3.35. The van der Waals surface area contributed by atoms with Gasteiger partial charge in [0, 0.05) is 17.5 Å². The molecule has 0 saturated carbocycles. The number of nitrogens with two attached hydrogens (primary N) is 1. The van der Waals surface area contributed by atoms with E-state index in [0.29, 0.717) is 12.8 Å². The Balaban J connectivity index is 2.64. The van der Waals surface area contributed by atoms with Gasteiger partial charge in [-0.25, -0.2) is 0 Å². The Bertz CT molecular complexity index is 437. The van der Waals surface area contributed by atoms with E-state index >= 15 is 0 Å². The molecule has 0 aromatic heterocycles. The second-order valence-corrected chi connectivity index (χ2v) is 3.78. The third-order valence-electron chi connectivity index (χ3n) is 1.97. The first-order valence-corrected chi connectivity index (χ1v) is 5.28. The number of amidine groups is 1. The molecule has 7 heteroatoms. The number of nitro benzene ring substituents is 1. The fourth-order valence-corrected chi connectivity index (χ4v) is 1.37. The molecule has 0 radical (unpaired) electrons. The minimum absolute atomic E-state index is 0.0687. The van der Waals surface area contributed by atoms with Gasteiger partial charge in [0.15, 0.2) is 5.75 Å². The van der Waals surface area contributed by atoms with Gasteiger partial charge in [-0.2, -0.15) is 0 Å². The molecule has 0 atom stereocenters. The van der Waals surface area contributed by atoms with E-state index in [2.05, 4.69) is 0 Å². The van der Waals surface area contributed by atoms with E-state index in [0.717, 1.165) is 0 Å². The van der Waals surface area contributed by atoms with Crippen LogP contribution in [0, 0.1) is 15.5 Å². The maximum absolute atomic E-state index is 10.7. The molecule has 0 bridgehead atoms. The lowest BCUT2D eigenvalue weighted by atomic mass is 10.3. The van der Waals surface area contributed by atoms with Crippen LogP contribution in [0.15, 0.2) is 18.2 Å². The summed E-state index contributed by atoms with van der Waals surface area (Å²) >= 11 is 5.66. The van der Waals surface area contributed by atoms with Crippen LogP contribution in [0.4, 0.5) is 5.69 Å². The third kappa shape index (κ3) is 4.28. The Labute approximate surface area is 103 Å². The summed E-state index contributed by atoms with van der Waals surface area (Å²) in [6, 6.07) is 4.21. The highest BCUT2D eigenvalue weighted by molar-refractivity contribution is 6.30. The van der Waals surface area contributed by atoms with Crippen molar-refractivity contribution in [2.45, 2.75) is 12.8 Å². The smallest absolute Gasteiger partial charge is 0.312 e. The average molecular weight is 258 g/mol. The van der Waals surface area contributed by atoms with Gasteiger partial charge < -0.3 is 10.5 Å². The normalized spacial score (nSPS) is 9.94. The Kier molecular flexibility index (Phi) is 4.71. The van der Waals surface area contributed by atoms with Crippen LogP contribution in [-0.2, 0) is 0 Å². The molecule has 6 nitrogen and oxygen atoms in total. The van der Waals surface area contributed by atoms with Crippen molar-refractivity contribution in [3.63, 3.8) is 0 Å². The van der Waals surface area contributed by atoms with Crippen LogP contribution < -0.4 is 10.5 Å². The van der Waals surface area contributed by atoms with Gasteiger partial charge in [0.2, 0.25) is 0 Å². The Morgan fingerprint density at radius 2 is 2.29 bits per heavy atom. The van der Waals surface area contributed by atoms with Gasteiger partial charge in [-0.1, -0.05) is 11.6 Å². The number of rotatable bonds is 6. The first-order valence-electron chi connectivity index (χ1n) is 4.90. The zero-order valence-corrected chi connectivity index (χ0v) is 9.74. The van der Waals surface area contributed by atoms with Crippen LogP contribution in [0.2, 0.25) is 5.02 Å². The second kappa shape index (κ2) is 6.05. The van der Waals surface area contributed by atoms with E-state index in [1.807, 2.05) is 0 Å². The number of hydrogen-bond donors (Lipinski definition) is 2. The van der Waals surface area contributed by atoms with Crippen molar-refractivity contribution in [1.29, 1.82) is 5.41 Å². The van der Waals surface area contributed by atoms with Crippen LogP contribution in [0.5, 0.6) is 5.75 Å². The molecule has 3 N–H and O–H groups in total. The summed E-state index contributed by atoms with van der Waals surface area (Å²) in [5.74, 6) is 0.238. The van der Waals surface area contributed by atoms with E-state index in [9.17, 15) is 10.1 Å². The van der Waals surface area contributed by atoms with Gasteiger partial charge in [-0.05, 0) is 18.6 Å². The number of hydrogen-bond acceptors (Lipinski definition) is 4. The van der Waals surface area contributed by atoms with Crippen LogP contribution in [0.3, 0.4) is 0 Å². The predicted octanol–water partition coefficient (Wildman–Crippen LogP) is 2.34. The van der Waals surface area contributed by atoms with E-state index in [1.165, 1.54) is 18.2 Å². The maximum atomic E-state index is 10.7. The highest BCUT2D eigenvalue weighted by atomic mass is 35.5. The largest absolute Gasteiger partial charge is 0.487 e. The SMILES string of the molecule is N=C(N)CCCOc1ccc(Cl)cc1[N+](=O)[O-]. The molecule has 1 aromatic rings. The molecule has 1 rings (SSSR count). The van der Waals surface area contributed by atoms with Crippen LogP contribution in [0.1, 0.15) is 12.8 Å². The highest BCUT2D eigenvalue weighted by Crippen LogP contribution is 2.29. The fraction of sp³-hybridized carbons (Fsp3) is 0.300. The third-order valence-corrected chi connectivity index (χ3v) is 2.20. The van der Waals surface area contributed by atoms with Gasteiger partial charge in [0.05, 0.1) is 17.4 Å². The summed E-state index contributed by atoms with van der Waals surface area (Å²) in [5.41, 5.74) is 5.01. The summed E-state index contributed by atoms with van der Waals surface area (Å²) in [6.45, 7) is 0.266.